The summed E-state index contributed by atoms with van der Waals surface area (Å²) in [6, 6.07) is 5.38. The van der Waals surface area contributed by atoms with Crippen LogP contribution < -0.4 is 14.8 Å². The van der Waals surface area contributed by atoms with Crippen molar-refractivity contribution in [3.63, 3.8) is 0 Å². The molecule has 1 amide bonds. The lowest BCUT2D eigenvalue weighted by Crippen LogP contribution is -2.47. The summed E-state index contributed by atoms with van der Waals surface area (Å²) in [6.45, 7) is 4.61. The Kier molecular flexibility index (Phi) is 4.90. The van der Waals surface area contributed by atoms with E-state index in [0.29, 0.717) is 31.1 Å². The summed E-state index contributed by atoms with van der Waals surface area (Å²) in [5, 5.41) is 11.7. The summed E-state index contributed by atoms with van der Waals surface area (Å²) in [6.07, 6.45) is 0.619. The molecular weight excluding hydrogens is 286 g/mol. The third-order valence-electron chi connectivity index (χ3n) is 3.73. The lowest BCUT2D eigenvalue weighted by Gasteiger charge is -2.28. The molecule has 0 saturated carbocycles. The van der Waals surface area contributed by atoms with Crippen molar-refractivity contribution in [3.05, 3.63) is 23.8 Å². The number of carboxylic acids is 1. The molecule has 6 heteroatoms. The molecule has 1 aromatic carbocycles. The van der Waals surface area contributed by atoms with E-state index in [1.54, 1.807) is 19.1 Å². The Bertz CT molecular complexity index is 572. The van der Waals surface area contributed by atoms with Gasteiger partial charge < -0.3 is 19.9 Å². The predicted molar refractivity (Wildman–Crippen MR) is 80.2 cm³/mol. The summed E-state index contributed by atoms with van der Waals surface area (Å²) in [4.78, 5) is 23.1. The highest BCUT2D eigenvalue weighted by Gasteiger charge is 2.27. The second kappa shape index (κ2) is 6.68. The molecule has 0 fully saturated rings. The number of fused-ring (bicyclic) bond motifs is 1. The van der Waals surface area contributed by atoms with Crippen molar-refractivity contribution < 1.29 is 24.2 Å². The number of carbonyl (C=O) groups excluding carboxylic acids is 1. The Hall–Kier alpha value is -2.24. The molecule has 22 heavy (non-hydrogen) atoms. The third-order valence-corrected chi connectivity index (χ3v) is 3.73. The molecule has 1 aromatic rings. The average Bonchev–Trinajstić information content (AvgIpc) is 2.46. The zero-order chi connectivity index (χ0) is 16.2. The number of rotatable bonds is 6. The first-order valence-corrected chi connectivity index (χ1v) is 7.33. The van der Waals surface area contributed by atoms with E-state index in [0.717, 1.165) is 5.56 Å². The van der Waals surface area contributed by atoms with Crippen LogP contribution in [0.3, 0.4) is 0 Å². The van der Waals surface area contributed by atoms with Gasteiger partial charge in [-0.2, -0.15) is 0 Å². The molecule has 0 radical (unpaired) electrons. The summed E-state index contributed by atoms with van der Waals surface area (Å²) in [5.74, 6) is 0.186. The van der Waals surface area contributed by atoms with Gasteiger partial charge in [-0.3, -0.25) is 9.59 Å². The van der Waals surface area contributed by atoms with Gasteiger partial charge in [-0.25, -0.2) is 0 Å². The van der Waals surface area contributed by atoms with E-state index in [2.05, 4.69) is 5.32 Å². The van der Waals surface area contributed by atoms with Crippen LogP contribution in [0.15, 0.2) is 18.2 Å². The Morgan fingerprint density at radius 3 is 2.59 bits per heavy atom. The third kappa shape index (κ3) is 4.13. The Labute approximate surface area is 129 Å². The monoisotopic (exact) mass is 307 g/mol. The van der Waals surface area contributed by atoms with Crippen molar-refractivity contribution in [2.75, 3.05) is 13.2 Å². The minimum absolute atomic E-state index is 0.101. The van der Waals surface area contributed by atoms with Crippen LogP contribution in [-0.4, -0.2) is 35.7 Å². The first-order valence-electron chi connectivity index (χ1n) is 7.33. The summed E-state index contributed by atoms with van der Waals surface area (Å²) in [7, 11) is 0. The van der Waals surface area contributed by atoms with E-state index in [1.807, 2.05) is 13.0 Å². The Balaban J connectivity index is 2.01. The van der Waals surface area contributed by atoms with Crippen molar-refractivity contribution in [1.82, 2.24) is 5.32 Å². The van der Waals surface area contributed by atoms with E-state index < -0.39 is 11.5 Å². The molecule has 0 bridgehead atoms. The van der Waals surface area contributed by atoms with E-state index >= 15 is 0 Å². The number of benzene rings is 1. The van der Waals surface area contributed by atoms with E-state index in [-0.39, 0.29) is 18.7 Å². The lowest BCUT2D eigenvalue weighted by atomic mass is 9.94. The van der Waals surface area contributed by atoms with Gasteiger partial charge in [0.2, 0.25) is 5.91 Å². The zero-order valence-electron chi connectivity index (χ0n) is 12.8. The molecule has 6 nitrogen and oxygen atoms in total. The number of nitrogens with one attached hydrogen (secondary N) is 1. The maximum Gasteiger partial charge on any atom is 0.305 e. The topological polar surface area (TPSA) is 84.9 Å². The van der Waals surface area contributed by atoms with Gasteiger partial charge in [-0.15, -0.1) is 0 Å². The number of aliphatic carboxylic acids is 1. The molecule has 1 atom stereocenters. The van der Waals surface area contributed by atoms with E-state index in [4.69, 9.17) is 14.6 Å². The highest BCUT2D eigenvalue weighted by Crippen LogP contribution is 2.30. The molecule has 2 rings (SSSR count). The number of carbonyl (C=O) groups is 2. The van der Waals surface area contributed by atoms with Crippen LogP contribution in [0, 0.1) is 0 Å². The molecule has 1 aliphatic rings. The number of hydrogen-bond acceptors (Lipinski definition) is 4. The molecule has 2 N–H and O–H groups in total. The van der Waals surface area contributed by atoms with Crippen molar-refractivity contribution in [2.45, 2.75) is 38.6 Å². The van der Waals surface area contributed by atoms with Crippen LogP contribution in [0.5, 0.6) is 11.5 Å². The summed E-state index contributed by atoms with van der Waals surface area (Å²) < 4.78 is 10.9. The highest BCUT2D eigenvalue weighted by atomic mass is 16.6. The van der Waals surface area contributed by atoms with Gasteiger partial charge in [-0.05, 0) is 31.0 Å². The molecule has 0 aliphatic carbocycles. The first-order chi connectivity index (χ1) is 10.4. The van der Waals surface area contributed by atoms with Crippen LogP contribution >= 0.6 is 0 Å². The lowest BCUT2D eigenvalue weighted by molar-refractivity contribution is -0.139. The normalized spacial score (nSPS) is 15.7. The van der Waals surface area contributed by atoms with Gasteiger partial charge in [-0.1, -0.05) is 13.0 Å². The summed E-state index contributed by atoms with van der Waals surface area (Å²) >= 11 is 0. The standard InChI is InChI=1S/C16H21NO5/c1-3-16(2,10-15(19)20)17-14(18)9-11-4-5-12-13(8-11)22-7-6-21-12/h4-5,8H,3,6-7,9-10H2,1-2H3,(H,17,18)(H,19,20)/t16-/m0/s1. The van der Waals surface area contributed by atoms with Crippen LogP contribution in [0.4, 0.5) is 0 Å². The van der Waals surface area contributed by atoms with Gasteiger partial charge in [0, 0.05) is 5.54 Å². The van der Waals surface area contributed by atoms with Crippen LogP contribution in [0.25, 0.3) is 0 Å². The minimum Gasteiger partial charge on any atom is -0.486 e. The van der Waals surface area contributed by atoms with Crippen LogP contribution in [-0.2, 0) is 16.0 Å². The van der Waals surface area contributed by atoms with E-state index in [9.17, 15) is 9.59 Å². The maximum absolute atomic E-state index is 12.2. The number of amides is 1. The number of carboxylic acid groups (broad SMARTS) is 1. The molecular formula is C16H21NO5. The molecule has 1 heterocycles. The van der Waals surface area contributed by atoms with Crippen LogP contribution in [0.1, 0.15) is 32.3 Å². The smallest absolute Gasteiger partial charge is 0.305 e. The molecule has 120 valence electrons. The van der Waals surface area contributed by atoms with Crippen molar-refractivity contribution in [1.29, 1.82) is 0 Å². The van der Waals surface area contributed by atoms with Gasteiger partial charge in [0.15, 0.2) is 11.5 Å². The predicted octanol–water partition coefficient (Wildman–Crippen LogP) is 1.76. The van der Waals surface area contributed by atoms with E-state index in [1.165, 1.54) is 0 Å². The fraction of sp³-hybridized carbons (Fsp3) is 0.500. The van der Waals surface area contributed by atoms with Gasteiger partial charge in [0.1, 0.15) is 13.2 Å². The second-order valence-corrected chi connectivity index (χ2v) is 5.69. The second-order valence-electron chi connectivity index (χ2n) is 5.69. The molecule has 0 saturated heterocycles. The first kappa shape index (κ1) is 16.1. The Morgan fingerprint density at radius 2 is 1.95 bits per heavy atom. The number of ether oxygens (including phenoxy) is 2. The summed E-state index contributed by atoms with van der Waals surface area (Å²) in [5.41, 5.74) is 0.0621. The largest absolute Gasteiger partial charge is 0.486 e. The molecule has 0 aromatic heterocycles. The molecule has 1 aliphatic heterocycles. The van der Waals surface area contributed by atoms with Gasteiger partial charge in [0.05, 0.1) is 12.8 Å². The van der Waals surface area contributed by atoms with Crippen LogP contribution in [0.2, 0.25) is 0 Å². The average molecular weight is 307 g/mol. The maximum atomic E-state index is 12.2. The highest BCUT2D eigenvalue weighted by molar-refractivity contribution is 5.80. The fourth-order valence-electron chi connectivity index (χ4n) is 2.36. The van der Waals surface area contributed by atoms with Gasteiger partial charge in [0.25, 0.3) is 0 Å². The quantitative estimate of drug-likeness (QED) is 0.836. The van der Waals surface area contributed by atoms with Crippen molar-refractivity contribution in [2.24, 2.45) is 0 Å². The van der Waals surface area contributed by atoms with Crippen molar-refractivity contribution >= 4 is 11.9 Å². The molecule has 0 spiro atoms. The zero-order valence-corrected chi connectivity index (χ0v) is 12.8. The van der Waals surface area contributed by atoms with Crippen molar-refractivity contribution in [3.8, 4) is 11.5 Å². The fourth-order valence-corrected chi connectivity index (χ4v) is 2.36. The SMILES string of the molecule is CC[C@@](C)(CC(=O)O)NC(=O)Cc1ccc2c(c1)OCCO2. The molecule has 0 unspecified atom stereocenters. The number of hydrogen-bond donors (Lipinski definition) is 2. The minimum atomic E-state index is -0.927. The van der Waals surface area contributed by atoms with Gasteiger partial charge >= 0.3 is 5.97 Å². The Morgan fingerprint density at radius 1 is 1.27 bits per heavy atom.